The molecule has 0 aromatic heterocycles. The zero-order chi connectivity index (χ0) is 23.7. The minimum absolute atomic E-state index is 0.0866. The Morgan fingerprint density at radius 3 is 2.00 bits per heavy atom. The van der Waals surface area contributed by atoms with Gasteiger partial charge in [-0.15, -0.1) is 0 Å². The lowest BCUT2D eigenvalue weighted by Crippen LogP contribution is -2.34. The number of Topliss-reactive ketones (excluding diaryl/α,β-unsaturated/α-hetero) is 1. The second-order valence-electron chi connectivity index (χ2n) is 7.29. The van der Waals surface area contributed by atoms with Gasteiger partial charge in [0.15, 0.2) is 5.78 Å². The van der Waals surface area contributed by atoms with Crippen molar-refractivity contribution >= 4 is 21.6 Å². The van der Waals surface area contributed by atoms with Crippen LogP contribution in [-0.4, -0.2) is 57.1 Å². The van der Waals surface area contributed by atoms with Gasteiger partial charge in [0.2, 0.25) is 0 Å². The van der Waals surface area contributed by atoms with Gasteiger partial charge in [0.1, 0.15) is 21.5 Å². The zero-order valence-electron chi connectivity index (χ0n) is 18.2. The summed E-state index contributed by atoms with van der Waals surface area (Å²) in [4.78, 5) is 24.3. The van der Waals surface area contributed by atoms with Crippen LogP contribution in [0.5, 0.6) is 5.75 Å². The number of aliphatic hydroxyl groups is 1. The second kappa shape index (κ2) is 11.5. The molecule has 32 heavy (non-hydrogen) atoms. The van der Waals surface area contributed by atoms with E-state index in [1.54, 1.807) is 48.5 Å². The van der Waals surface area contributed by atoms with Gasteiger partial charge in [0, 0.05) is 22.9 Å². The lowest BCUT2D eigenvalue weighted by Gasteiger charge is -2.16. The van der Waals surface area contributed by atoms with Crippen LogP contribution in [0, 0.1) is 17.8 Å². The number of carbonyl (C=O) groups is 2. The molecule has 0 aliphatic rings. The molecule has 2 aromatic rings. The van der Waals surface area contributed by atoms with Crippen LogP contribution in [0.25, 0.3) is 0 Å². The summed E-state index contributed by atoms with van der Waals surface area (Å²) in [5, 5.41) is 9.75. The molecule has 0 saturated carbocycles. The number of carbonyl (C=O) groups excluding carboxylic acids is 2. The molecule has 0 aliphatic heterocycles. The summed E-state index contributed by atoms with van der Waals surface area (Å²) < 4.78 is 32.3. The molecule has 0 saturated heterocycles. The van der Waals surface area contributed by atoms with Crippen LogP contribution in [0.2, 0.25) is 0 Å². The van der Waals surface area contributed by atoms with Crippen molar-refractivity contribution in [3.8, 4) is 17.6 Å². The molecule has 2 aromatic carbocycles. The van der Waals surface area contributed by atoms with E-state index >= 15 is 0 Å². The van der Waals surface area contributed by atoms with Crippen molar-refractivity contribution in [3.63, 3.8) is 0 Å². The largest absolute Gasteiger partial charge is 0.494 e. The molecule has 1 N–H and O–H groups in total. The monoisotopic (exact) mass is 458 g/mol. The molecular weight excluding hydrogens is 432 g/mol. The number of sulfone groups is 1. The van der Waals surface area contributed by atoms with Gasteiger partial charge < -0.3 is 14.6 Å². The van der Waals surface area contributed by atoms with E-state index in [9.17, 15) is 23.1 Å². The molecule has 7 nitrogen and oxygen atoms in total. The molecule has 0 aliphatic carbocycles. The number of methoxy groups -OCH3 is 1. The van der Waals surface area contributed by atoms with Crippen molar-refractivity contribution in [2.45, 2.75) is 19.4 Å². The lowest BCUT2D eigenvalue weighted by atomic mass is 9.93. The van der Waals surface area contributed by atoms with Crippen molar-refractivity contribution in [2.24, 2.45) is 5.92 Å². The maximum Gasteiger partial charge on any atom is 0.319 e. The fraction of sp³-hybridized carbons (Fsp3) is 0.333. The highest BCUT2D eigenvalue weighted by atomic mass is 32.2. The van der Waals surface area contributed by atoms with Crippen LogP contribution >= 0.6 is 0 Å². The molecule has 170 valence electrons. The van der Waals surface area contributed by atoms with Crippen molar-refractivity contribution in [1.29, 1.82) is 0 Å². The Balaban J connectivity index is 1.99. The van der Waals surface area contributed by atoms with E-state index in [1.165, 1.54) is 20.3 Å². The summed E-state index contributed by atoms with van der Waals surface area (Å²) in [6.45, 7) is 1.68. The second-order valence-corrected chi connectivity index (χ2v) is 9.55. The van der Waals surface area contributed by atoms with Crippen LogP contribution in [-0.2, 0) is 19.4 Å². The van der Waals surface area contributed by atoms with Gasteiger partial charge in [0.25, 0.3) is 0 Å². The molecule has 0 amide bonds. The van der Waals surface area contributed by atoms with E-state index in [1.807, 2.05) is 0 Å². The van der Waals surface area contributed by atoms with Gasteiger partial charge in [-0.1, -0.05) is 24.0 Å². The fourth-order valence-corrected chi connectivity index (χ4v) is 3.48. The highest BCUT2D eigenvalue weighted by Crippen LogP contribution is 2.16. The molecule has 0 fully saturated rings. The Labute approximate surface area is 188 Å². The molecule has 0 unspecified atom stereocenters. The van der Waals surface area contributed by atoms with Crippen LogP contribution < -0.4 is 4.74 Å². The van der Waals surface area contributed by atoms with Crippen molar-refractivity contribution in [1.82, 2.24) is 0 Å². The molecule has 0 heterocycles. The molecular formula is C24H26O7S. The van der Waals surface area contributed by atoms with Gasteiger partial charge in [-0.25, -0.2) is 8.42 Å². The lowest BCUT2D eigenvalue weighted by molar-refractivity contribution is -0.146. The first kappa shape index (κ1) is 25.1. The molecule has 8 heteroatoms. The van der Waals surface area contributed by atoms with E-state index in [0.29, 0.717) is 24.3 Å². The zero-order valence-corrected chi connectivity index (χ0v) is 19.0. The third-order valence-corrected chi connectivity index (χ3v) is 5.55. The van der Waals surface area contributed by atoms with Gasteiger partial charge in [-0.3, -0.25) is 9.59 Å². The Hall–Kier alpha value is -3.15. The predicted molar refractivity (Wildman–Crippen MR) is 120 cm³/mol. The maximum atomic E-state index is 12.5. The van der Waals surface area contributed by atoms with E-state index in [4.69, 9.17) is 4.74 Å². The summed E-state index contributed by atoms with van der Waals surface area (Å²) in [6.07, 6.45) is 0.456. The quantitative estimate of drug-likeness (QED) is 0.202. The first-order valence-corrected chi connectivity index (χ1v) is 12.0. The number of ether oxygens (including phenoxy) is 2. The van der Waals surface area contributed by atoms with Gasteiger partial charge >= 0.3 is 5.97 Å². The molecule has 0 spiro atoms. The smallest absolute Gasteiger partial charge is 0.319 e. The third-order valence-electron chi connectivity index (χ3n) is 4.52. The number of ketones is 1. The van der Waals surface area contributed by atoms with Crippen molar-refractivity contribution in [2.75, 3.05) is 25.7 Å². The number of aliphatic hydroxyl groups excluding tert-OH is 1. The van der Waals surface area contributed by atoms with Crippen molar-refractivity contribution < 1.29 is 32.6 Å². The minimum Gasteiger partial charge on any atom is -0.494 e. The summed E-state index contributed by atoms with van der Waals surface area (Å²) in [5.41, 5.74) is 1.71. The first-order valence-electron chi connectivity index (χ1n) is 9.93. The summed E-state index contributed by atoms with van der Waals surface area (Å²) in [7, 11) is -1.82. The Kier molecular flexibility index (Phi) is 9.00. The normalized spacial score (nSPS) is 12.8. The van der Waals surface area contributed by atoms with E-state index in [-0.39, 0.29) is 11.3 Å². The summed E-state index contributed by atoms with van der Waals surface area (Å²) >= 11 is 0. The van der Waals surface area contributed by atoms with Gasteiger partial charge in [0.05, 0.1) is 25.6 Å². The summed E-state index contributed by atoms with van der Waals surface area (Å²) in [6, 6.07) is 13.5. The number of hydrogen-bond acceptors (Lipinski definition) is 7. The third kappa shape index (κ3) is 7.84. The van der Waals surface area contributed by atoms with E-state index < -0.39 is 33.6 Å². The molecule has 0 radical (unpaired) electrons. The van der Waals surface area contributed by atoms with Crippen LogP contribution in [0.15, 0.2) is 48.5 Å². The van der Waals surface area contributed by atoms with Crippen LogP contribution in [0.3, 0.4) is 0 Å². The van der Waals surface area contributed by atoms with Gasteiger partial charge in [-0.05, 0) is 49.7 Å². The first-order chi connectivity index (χ1) is 15.1. The number of benzene rings is 2. The highest BCUT2D eigenvalue weighted by Gasteiger charge is 2.32. The standard InChI is InChI=1S/C24H26O7S/c1-17(25)22(24(27)30-2)23(26)20-11-7-18(8-12-20)5-6-19-9-13-21(14-10-19)31-15-4-16-32(3,28)29/h7-14,17,22,25H,4,15-16H2,1-3H3/t17-,22+/m1/s1. The molecule has 2 rings (SSSR count). The van der Waals surface area contributed by atoms with E-state index in [0.717, 1.165) is 5.56 Å². The average Bonchev–Trinajstić information content (AvgIpc) is 2.75. The number of rotatable bonds is 9. The minimum atomic E-state index is -2.99. The SMILES string of the molecule is COC(=O)[C@H](C(=O)c1ccc(C#Cc2ccc(OCCCS(C)(=O)=O)cc2)cc1)[C@@H](C)O. The average molecular weight is 459 g/mol. The number of esters is 1. The topological polar surface area (TPSA) is 107 Å². The predicted octanol–water partition coefficient (Wildman–Crippen LogP) is 2.25. The van der Waals surface area contributed by atoms with Crippen LogP contribution in [0.1, 0.15) is 34.8 Å². The number of hydrogen-bond donors (Lipinski definition) is 1. The van der Waals surface area contributed by atoms with E-state index in [2.05, 4.69) is 16.6 Å². The molecule has 0 bridgehead atoms. The fourth-order valence-electron chi connectivity index (χ4n) is 2.84. The Morgan fingerprint density at radius 1 is 1.00 bits per heavy atom. The Morgan fingerprint density at radius 2 is 1.53 bits per heavy atom. The summed E-state index contributed by atoms with van der Waals surface area (Å²) in [5.74, 6) is 4.15. The maximum absolute atomic E-state index is 12.5. The van der Waals surface area contributed by atoms with Crippen molar-refractivity contribution in [3.05, 3.63) is 65.2 Å². The Bertz CT molecular complexity index is 1090. The molecule has 2 atom stereocenters. The van der Waals surface area contributed by atoms with Gasteiger partial charge in [-0.2, -0.15) is 0 Å². The van der Waals surface area contributed by atoms with Crippen LogP contribution in [0.4, 0.5) is 0 Å². The highest BCUT2D eigenvalue weighted by molar-refractivity contribution is 7.90.